The summed E-state index contributed by atoms with van der Waals surface area (Å²) in [7, 11) is 0. The Bertz CT molecular complexity index is 5480. The van der Waals surface area contributed by atoms with Gasteiger partial charge in [-0.15, -0.1) is 0 Å². The van der Waals surface area contributed by atoms with Crippen LogP contribution >= 0.6 is 0 Å². The molecule has 0 spiro atoms. The Morgan fingerprint density at radius 2 is 0.533 bits per heavy atom. The lowest BCUT2D eigenvalue weighted by Crippen LogP contribution is -2.02. The second-order valence-electron chi connectivity index (χ2n) is 22.4. The van der Waals surface area contributed by atoms with Crippen molar-refractivity contribution in [3.8, 4) is 92.2 Å². The minimum absolute atomic E-state index is 0.233. The number of hydrogen-bond donors (Lipinski definition) is 2. The van der Waals surface area contributed by atoms with Gasteiger partial charge in [0.1, 0.15) is 80.4 Å². The smallest absolute Gasteiger partial charge is 0.168 e. The first-order valence-corrected chi connectivity index (χ1v) is 31.2. The number of nitrogens with zero attached hydrogens (tertiary/aromatic N) is 8. The second-order valence-corrected chi connectivity index (χ2v) is 22.4. The molecule has 0 saturated carbocycles. The largest absolute Gasteiger partial charge is 0.492 e. The Morgan fingerprint density at radius 3 is 0.837 bits per heavy atom. The van der Waals surface area contributed by atoms with Gasteiger partial charge in [0.25, 0.3) is 0 Å². The van der Waals surface area contributed by atoms with E-state index in [-0.39, 0.29) is 11.1 Å². The molecule has 2 aliphatic heterocycles. The van der Waals surface area contributed by atoms with Gasteiger partial charge in [0.15, 0.2) is 23.3 Å². The maximum Gasteiger partial charge on any atom is 0.168 e. The van der Waals surface area contributed by atoms with Gasteiger partial charge >= 0.3 is 0 Å². The van der Waals surface area contributed by atoms with E-state index in [1.807, 2.05) is 90.1 Å². The number of nitrogens with one attached hydrogen (secondary N) is 2. The summed E-state index contributed by atoms with van der Waals surface area (Å²) in [6.07, 6.45) is 0. The van der Waals surface area contributed by atoms with E-state index in [9.17, 15) is 10.5 Å². The maximum atomic E-state index is 9.37. The van der Waals surface area contributed by atoms with Crippen LogP contribution in [-0.2, 0) is 0 Å². The lowest BCUT2D eigenvalue weighted by Gasteiger charge is -2.16. The van der Waals surface area contributed by atoms with Crippen LogP contribution in [0.5, 0.6) is 34.5 Å². The van der Waals surface area contributed by atoms with Crippen molar-refractivity contribution in [3.63, 3.8) is 0 Å². The van der Waals surface area contributed by atoms with Crippen LogP contribution in [0.25, 0.3) is 144 Å². The maximum absolute atomic E-state index is 9.37. The van der Waals surface area contributed by atoms with E-state index in [1.54, 1.807) is 0 Å². The van der Waals surface area contributed by atoms with Gasteiger partial charge in [-0.1, -0.05) is 121 Å². The molecule has 16 nitrogen and oxygen atoms in total. The molecular weight excluding hydrogens is 1150 g/mol. The molecule has 0 unspecified atom stereocenters. The van der Waals surface area contributed by atoms with Gasteiger partial charge in [0.2, 0.25) is 0 Å². The summed E-state index contributed by atoms with van der Waals surface area (Å²) in [4.78, 5) is 40.8. The Hall–Kier alpha value is -11.4. The number of nitriles is 2. The fourth-order valence-corrected chi connectivity index (χ4v) is 13.7. The van der Waals surface area contributed by atoms with Gasteiger partial charge in [-0.2, -0.15) is 10.5 Å². The van der Waals surface area contributed by atoms with E-state index in [4.69, 9.17) is 58.3 Å². The highest BCUT2D eigenvalue weighted by atomic mass is 16.5. The molecule has 0 atom stereocenters. The molecule has 2 aliphatic rings. The van der Waals surface area contributed by atoms with Gasteiger partial charge < -0.3 is 38.4 Å². The van der Waals surface area contributed by atoms with Crippen LogP contribution in [0, 0.1) is 50.4 Å². The normalized spacial score (nSPS) is 11.6. The van der Waals surface area contributed by atoms with E-state index >= 15 is 0 Å². The van der Waals surface area contributed by atoms with Crippen molar-refractivity contribution in [2.24, 2.45) is 0 Å². The quantitative estimate of drug-likeness (QED) is 0.117. The highest BCUT2D eigenvalue weighted by molar-refractivity contribution is 6.21. The number of hydrogen-bond acceptors (Lipinski definition) is 14. The van der Waals surface area contributed by atoms with Crippen LogP contribution in [0.15, 0.2) is 121 Å². The molecule has 92 heavy (non-hydrogen) atoms. The predicted molar refractivity (Wildman–Crippen MR) is 365 cm³/mol. The van der Waals surface area contributed by atoms with Gasteiger partial charge in [0.05, 0.1) is 61.5 Å². The molecule has 16 heteroatoms. The fourth-order valence-electron chi connectivity index (χ4n) is 13.7. The first kappa shape index (κ1) is 58.3. The summed E-state index contributed by atoms with van der Waals surface area (Å²) in [6, 6.07) is 44.9. The minimum atomic E-state index is 0.233. The molecule has 5 heterocycles. The Balaban J connectivity index is 0.000000314. The van der Waals surface area contributed by atoms with Crippen molar-refractivity contribution in [1.29, 1.82) is 10.5 Å². The van der Waals surface area contributed by atoms with Crippen molar-refractivity contribution in [3.05, 3.63) is 155 Å². The summed E-state index contributed by atoms with van der Waals surface area (Å²) in [6.45, 7) is 22.8. The molecular formula is C76H64N10O6. The number of aryl methyl sites for hydroxylation is 4. The molecule has 0 saturated heterocycles. The van der Waals surface area contributed by atoms with Gasteiger partial charge in [-0.05, 0) is 113 Å². The second kappa shape index (κ2) is 23.5. The molecule has 0 radical (unpaired) electrons. The number of benzene rings is 10. The summed E-state index contributed by atoms with van der Waals surface area (Å²) >= 11 is 0. The zero-order valence-corrected chi connectivity index (χ0v) is 52.8. The molecule has 8 bridgehead atoms. The van der Waals surface area contributed by atoms with Crippen LogP contribution in [0.4, 0.5) is 0 Å². The van der Waals surface area contributed by atoms with E-state index in [0.29, 0.717) is 120 Å². The Morgan fingerprint density at radius 1 is 0.293 bits per heavy atom. The number of fused-ring (bicyclic) bond motifs is 25. The third kappa shape index (κ3) is 8.99. The molecule has 2 N–H and O–H groups in total. The van der Waals surface area contributed by atoms with Crippen molar-refractivity contribution in [1.82, 2.24) is 39.9 Å². The predicted octanol–water partition coefficient (Wildman–Crippen LogP) is 17.7. The monoisotopic (exact) mass is 1210 g/mol. The standard InChI is InChI=1S/C60H50N8O4.C16H14N2O2/c1-9-69-49-37-25-17-13-21-33(37)29(5)41-45(49)57-62-53(41)61-54-42-30(6)34-22-14-18-26-38(34)50(70-10-2)46(42)58(63-54)65-56-44-32(8)36-24-16-20-28-40(36)52(72-12-4)48(44)60(67-56)68-59-47-43(55(64-57)66-59)31(7)35-23-15-19-27-39(35)51(47)71-11-3;1-3-19-15-11-7-5-6-8-12(11)16(20-4-2)14(10-18)13(15)9-17/h13-28H,9-12H2,1-8H3,(H2,61,62,63,64,65,66,67,68);5-8H,3-4H2,1-2H3. The van der Waals surface area contributed by atoms with Crippen molar-refractivity contribution < 1.29 is 28.4 Å². The van der Waals surface area contributed by atoms with E-state index < -0.39 is 0 Å². The average Bonchev–Trinajstić information content (AvgIpc) is 1.54. The van der Waals surface area contributed by atoms with E-state index in [2.05, 4.69) is 123 Å². The van der Waals surface area contributed by atoms with Gasteiger partial charge in [0, 0.05) is 54.2 Å². The topological polar surface area (TPSA) is 212 Å². The molecule has 10 aromatic carbocycles. The summed E-state index contributed by atoms with van der Waals surface area (Å²) < 4.78 is 37.9. The molecule has 3 aromatic heterocycles. The third-order valence-corrected chi connectivity index (χ3v) is 17.4. The van der Waals surface area contributed by atoms with Crippen LogP contribution < -0.4 is 28.4 Å². The molecule has 13 aromatic rings. The number of rotatable bonds is 12. The Labute approximate surface area is 530 Å². The number of H-pyrrole nitrogens is 2. The van der Waals surface area contributed by atoms with E-state index in [0.717, 1.165) is 120 Å². The average molecular weight is 1210 g/mol. The zero-order valence-electron chi connectivity index (χ0n) is 52.8. The summed E-state index contributed by atoms with van der Waals surface area (Å²) in [5.74, 6) is 5.51. The zero-order chi connectivity index (χ0) is 63.6. The first-order valence-electron chi connectivity index (χ1n) is 31.2. The lowest BCUT2D eigenvalue weighted by molar-refractivity contribution is 0.335. The van der Waals surface area contributed by atoms with Crippen molar-refractivity contribution >= 4 is 98.0 Å². The number of aromatic nitrogens is 8. The SMILES string of the molecule is CCOc1c(C#N)c(C#N)c(OCC)c2ccccc12.CCOc1c2c(c(C)c3ccccc13)-c1nc-2nc2[nH]c(nc3nc(nc4[nH]c(n1)c1c(C)c5ccccc5c(OCC)c41)-c1c-3c(OCC)c3ccccc3c1C)c1c(OCC)c3ccccc3c(C)c21. The first-order chi connectivity index (χ1) is 45.0. The van der Waals surface area contributed by atoms with Crippen LogP contribution in [0.1, 0.15) is 74.9 Å². The van der Waals surface area contributed by atoms with Crippen LogP contribution in [-0.4, -0.2) is 79.5 Å². The third-order valence-electron chi connectivity index (χ3n) is 17.4. The molecule has 0 aliphatic carbocycles. The van der Waals surface area contributed by atoms with Crippen LogP contribution in [0.2, 0.25) is 0 Å². The van der Waals surface area contributed by atoms with Crippen LogP contribution in [0.3, 0.4) is 0 Å². The number of aromatic amines is 2. The van der Waals surface area contributed by atoms with Gasteiger partial charge in [-0.3, -0.25) is 0 Å². The van der Waals surface area contributed by atoms with E-state index in [1.165, 1.54) is 0 Å². The molecule has 0 fully saturated rings. The molecule has 454 valence electrons. The fraction of sp³-hybridized carbons (Fsp3) is 0.211. The number of ether oxygens (including phenoxy) is 6. The highest BCUT2D eigenvalue weighted by Gasteiger charge is 2.33. The molecule has 0 amide bonds. The van der Waals surface area contributed by atoms with Crippen molar-refractivity contribution in [2.75, 3.05) is 39.6 Å². The Kier molecular flexibility index (Phi) is 14.9. The minimum Gasteiger partial charge on any atom is -0.492 e. The lowest BCUT2D eigenvalue weighted by atomic mass is 9.94. The van der Waals surface area contributed by atoms with Crippen molar-refractivity contribution in [2.45, 2.75) is 69.2 Å². The summed E-state index contributed by atoms with van der Waals surface area (Å²) in [5, 5.41) is 31.6. The van der Waals surface area contributed by atoms with Gasteiger partial charge in [-0.25, -0.2) is 29.9 Å². The highest BCUT2D eigenvalue weighted by Crippen LogP contribution is 2.52. The molecule has 15 rings (SSSR count). The summed E-state index contributed by atoms with van der Waals surface area (Å²) in [5.41, 5.74) is 9.86.